The van der Waals surface area contributed by atoms with Crippen LogP contribution in [0.4, 0.5) is 0 Å². The van der Waals surface area contributed by atoms with Crippen LogP contribution in [-0.4, -0.2) is 78.5 Å². The Labute approximate surface area is 254 Å². The first kappa shape index (κ1) is 30.9. The van der Waals surface area contributed by atoms with E-state index < -0.39 is 24.2 Å². The van der Waals surface area contributed by atoms with E-state index in [2.05, 4.69) is 22.8 Å². The number of amides is 2. The maximum atomic E-state index is 13.5. The number of rotatable bonds is 13. The number of nitrogens with zero attached hydrogens (tertiary/aromatic N) is 1. The molecular formula is C35H43N3O5. The Hall–Kier alpha value is -3.56. The van der Waals surface area contributed by atoms with Gasteiger partial charge in [-0.05, 0) is 66.6 Å². The van der Waals surface area contributed by atoms with E-state index in [1.165, 1.54) is 0 Å². The summed E-state index contributed by atoms with van der Waals surface area (Å²) in [6, 6.07) is 25.2. The molecule has 4 atom stereocenters. The number of aliphatic hydroxyl groups excluding tert-OH is 2. The fourth-order valence-corrected chi connectivity index (χ4v) is 6.04. The molecule has 3 aromatic rings. The number of carbonyl (C=O) groups excluding carboxylic acids is 2. The van der Waals surface area contributed by atoms with Crippen molar-refractivity contribution in [2.45, 2.75) is 50.4 Å². The number of aryl methyl sites for hydroxylation is 1. The zero-order valence-electron chi connectivity index (χ0n) is 24.7. The van der Waals surface area contributed by atoms with E-state index in [0.29, 0.717) is 64.2 Å². The Morgan fingerprint density at radius 3 is 2.37 bits per heavy atom. The van der Waals surface area contributed by atoms with Gasteiger partial charge in [0.05, 0.1) is 31.5 Å². The number of aliphatic hydroxyl groups is 2. The second-order valence-corrected chi connectivity index (χ2v) is 11.6. The van der Waals surface area contributed by atoms with Crippen molar-refractivity contribution in [3.8, 4) is 0 Å². The minimum atomic E-state index is -0.694. The lowest BCUT2D eigenvalue weighted by atomic mass is 9.92. The number of carbonyl (C=O) groups is 2. The summed E-state index contributed by atoms with van der Waals surface area (Å²) >= 11 is 0. The Balaban J connectivity index is 1.11. The number of ether oxygens (including phenoxy) is 1. The van der Waals surface area contributed by atoms with Gasteiger partial charge in [-0.15, -0.1) is 0 Å². The van der Waals surface area contributed by atoms with Crippen molar-refractivity contribution in [2.75, 3.05) is 39.4 Å². The predicted octanol–water partition coefficient (Wildman–Crippen LogP) is 3.07. The standard InChI is InChI=1S/C35H43N3O5/c39-30(24-36-17-16-26-10-13-27(14-11-26)35(42)38-18-20-43-21-19-38)22-29(15-12-25-6-2-1-3-7-25)34(41)37-33-31-9-5-4-8-28(31)23-32(33)40/h1-11,13-14,29-30,32-33,36,39-40H,12,15-24H2,(H,37,41)/t29-,30+,32-,33+/m1/s1. The lowest BCUT2D eigenvalue weighted by Crippen LogP contribution is -2.40. The van der Waals surface area contributed by atoms with Crippen LogP contribution in [0.1, 0.15) is 51.5 Å². The molecule has 43 heavy (non-hydrogen) atoms. The molecular weight excluding hydrogens is 542 g/mol. The molecule has 0 spiro atoms. The number of fused-ring (bicyclic) bond motifs is 1. The lowest BCUT2D eigenvalue weighted by Gasteiger charge is -2.26. The first-order valence-electron chi connectivity index (χ1n) is 15.4. The Kier molecular flexibility index (Phi) is 11.0. The largest absolute Gasteiger partial charge is 0.392 e. The van der Waals surface area contributed by atoms with Crippen molar-refractivity contribution in [3.05, 3.63) is 107 Å². The third-order valence-electron chi connectivity index (χ3n) is 8.52. The van der Waals surface area contributed by atoms with Gasteiger partial charge in [-0.2, -0.15) is 0 Å². The van der Waals surface area contributed by atoms with Gasteiger partial charge in [0.2, 0.25) is 5.91 Å². The lowest BCUT2D eigenvalue weighted by molar-refractivity contribution is -0.127. The second-order valence-electron chi connectivity index (χ2n) is 11.6. The molecule has 0 aromatic heterocycles. The van der Waals surface area contributed by atoms with Crippen LogP contribution in [0.5, 0.6) is 0 Å². The highest BCUT2D eigenvalue weighted by atomic mass is 16.5. The molecule has 8 heteroatoms. The van der Waals surface area contributed by atoms with Gasteiger partial charge in [0.25, 0.3) is 5.91 Å². The summed E-state index contributed by atoms with van der Waals surface area (Å²) in [5.74, 6) is -0.496. The molecule has 4 N–H and O–H groups in total. The number of hydrogen-bond acceptors (Lipinski definition) is 6. The van der Waals surface area contributed by atoms with Gasteiger partial charge in [-0.3, -0.25) is 9.59 Å². The highest BCUT2D eigenvalue weighted by molar-refractivity contribution is 5.94. The monoisotopic (exact) mass is 585 g/mol. The smallest absolute Gasteiger partial charge is 0.254 e. The molecule has 1 heterocycles. The summed E-state index contributed by atoms with van der Waals surface area (Å²) in [5.41, 5.74) is 4.96. The Morgan fingerprint density at radius 2 is 1.60 bits per heavy atom. The van der Waals surface area contributed by atoms with Crippen LogP contribution in [-0.2, 0) is 28.8 Å². The molecule has 0 saturated carbocycles. The van der Waals surface area contributed by atoms with Gasteiger partial charge in [-0.25, -0.2) is 0 Å². The minimum absolute atomic E-state index is 0.0357. The van der Waals surface area contributed by atoms with E-state index in [1.807, 2.05) is 71.6 Å². The van der Waals surface area contributed by atoms with Gasteiger partial charge in [0.15, 0.2) is 0 Å². The first-order chi connectivity index (χ1) is 21.0. The van der Waals surface area contributed by atoms with Crippen molar-refractivity contribution >= 4 is 11.8 Å². The molecule has 1 aliphatic carbocycles. The van der Waals surface area contributed by atoms with Crippen LogP contribution in [0, 0.1) is 5.92 Å². The first-order valence-corrected chi connectivity index (χ1v) is 15.4. The van der Waals surface area contributed by atoms with Gasteiger partial charge in [0, 0.05) is 37.5 Å². The topological polar surface area (TPSA) is 111 Å². The van der Waals surface area contributed by atoms with Crippen molar-refractivity contribution < 1.29 is 24.5 Å². The van der Waals surface area contributed by atoms with E-state index in [-0.39, 0.29) is 11.8 Å². The molecule has 1 aliphatic heterocycles. The van der Waals surface area contributed by atoms with Crippen molar-refractivity contribution in [2.24, 2.45) is 5.92 Å². The van der Waals surface area contributed by atoms with Crippen LogP contribution in [0.2, 0.25) is 0 Å². The van der Waals surface area contributed by atoms with Gasteiger partial charge in [0.1, 0.15) is 0 Å². The molecule has 5 rings (SSSR count). The van der Waals surface area contributed by atoms with Crippen LogP contribution in [0.3, 0.4) is 0 Å². The summed E-state index contributed by atoms with van der Waals surface area (Å²) in [6.07, 6.45) is 1.59. The van der Waals surface area contributed by atoms with Crippen LogP contribution < -0.4 is 10.6 Å². The van der Waals surface area contributed by atoms with Gasteiger partial charge < -0.3 is 30.5 Å². The fraction of sp³-hybridized carbons (Fsp3) is 0.429. The molecule has 0 unspecified atom stereocenters. The van der Waals surface area contributed by atoms with Gasteiger partial charge in [-0.1, -0.05) is 66.7 Å². The maximum absolute atomic E-state index is 13.5. The number of morpholine rings is 1. The molecule has 1 fully saturated rings. The van der Waals surface area contributed by atoms with Crippen molar-refractivity contribution in [1.82, 2.24) is 15.5 Å². The molecule has 2 amide bonds. The molecule has 8 nitrogen and oxygen atoms in total. The summed E-state index contributed by atoms with van der Waals surface area (Å²) in [6.45, 7) is 3.45. The Bertz CT molecular complexity index is 1330. The highest BCUT2D eigenvalue weighted by Gasteiger charge is 2.34. The second kappa shape index (κ2) is 15.3. The SMILES string of the molecule is O=C(N[C@H]1c2ccccc2C[C@H]1O)[C@H](CCc1ccccc1)C[C@H](O)CNCCc1ccc(C(=O)N2CCOCC2)cc1. The van der Waals surface area contributed by atoms with Crippen molar-refractivity contribution in [1.29, 1.82) is 0 Å². The molecule has 228 valence electrons. The van der Waals surface area contributed by atoms with Crippen LogP contribution in [0.25, 0.3) is 0 Å². The highest BCUT2D eigenvalue weighted by Crippen LogP contribution is 2.32. The number of benzene rings is 3. The molecule has 0 radical (unpaired) electrons. The molecule has 2 aliphatic rings. The van der Waals surface area contributed by atoms with Gasteiger partial charge >= 0.3 is 0 Å². The summed E-state index contributed by atoms with van der Waals surface area (Å²) < 4.78 is 5.33. The Morgan fingerprint density at radius 1 is 0.907 bits per heavy atom. The quantitative estimate of drug-likeness (QED) is 0.230. The normalized spacial score (nSPS) is 19.4. The van der Waals surface area contributed by atoms with Crippen LogP contribution >= 0.6 is 0 Å². The van der Waals surface area contributed by atoms with E-state index in [0.717, 1.165) is 35.1 Å². The molecule has 1 saturated heterocycles. The molecule has 3 aromatic carbocycles. The number of hydrogen-bond donors (Lipinski definition) is 4. The third kappa shape index (κ3) is 8.51. The fourth-order valence-electron chi connectivity index (χ4n) is 6.04. The average molecular weight is 586 g/mol. The summed E-state index contributed by atoms with van der Waals surface area (Å²) in [5, 5.41) is 28.0. The summed E-state index contributed by atoms with van der Waals surface area (Å²) in [7, 11) is 0. The van der Waals surface area contributed by atoms with E-state index in [4.69, 9.17) is 4.74 Å². The van der Waals surface area contributed by atoms with E-state index in [1.54, 1.807) is 0 Å². The zero-order valence-corrected chi connectivity index (χ0v) is 24.7. The van der Waals surface area contributed by atoms with E-state index in [9.17, 15) is 19.8 Å². The van der Waals surface area contributed by atoms with E-state index >= 15 is 0 Å². The zero-order chi connectivity index (χ0) is 30.0. The van der Waals surface area contributed by atoms with Crippen LogP contribution in [0.15, 0.2) is 78.9 Å². The van der Waals surface area contributed by atoms with Crippen molar-refractivity contribution in [3.63, 3.8) is 0 Å². The summed E-state index contributed by atoms with van der Waals surface area (Å²) in [4.78, 5) is 28.0. The number of nitrogens with one attached hydrogen (secondary N) is 2. The molecule has 0 bridgehead atoms. The third-order valence-corrected chi connectivity index (χ3v) is 8.52. The average Bonchev–Trinajstić information content (AvgIpc) is 3.36. The maximum Gasteiger partial charge on any atom is 0.254 e. The minimum Gasteiger partial charge on any atom is -0.392 e. The predicted molar refractivity (Wildman–Crippen MR) is 166 cm³/mol.